The van der Waals surface area contributed by atoms with Gasteiger partial charge in [0.25, 0.3) is 0 Å². The summed E-state index contributed by atoms with van der Waals surface area (Å²) >= 11 is 5.25. The summed E-state index contributed by atoms with van der Waals surface area (Å²) in [5.74, 6) is 0.725. The third-order valence-electron chi connectivity index (χ3n) is 3.76. The van der Waals surface area contributed by atoms with Crippen LogP contribution in [0.5, 0.6) is 5.75 Å². The SMILES string of the molecule is CCN(CC)c1ccc(/C=N\NC(=S)Nc2ccccc2OC)cc1. The van der Waals surface area contributed by atoms with Gasteiger partial charge in [-0.25, -0.2) is 0 Å². The zero-order chi connectivity index (χ0) is 18.1. The number of anilines is 2. The van der Waals surface area contributed by atoms with Gasteiger partial charge in [-0.3, -0.25) is 5.43 Å². The highest BCUT2D eigenvalue weighted by molar-refractivity contribution is 7.80. The van der Waals surface area contributed by atoms with Gasteiger partial charge in [-0.05, 0) is 55.9 Å². The maximum absolute atomic E-state index is 5.28. The highest BCUT2D eigenvalue weighted by atomic mass is 32.1. The van der Waals surface area contributed by atoms with Crippen LogP contribution in [-0.4, -0.2) is 31.5 Å². The molecule has 0 saturated carbocycles. The molecule has 6 heteroatoms. The van der Waals surface area contributed by atoms with Gasteiger partial charge in [0.1, 0.15) is 5.75 Å². The predicted molar refractivity (Wildman–Crippen MR) is 110 cm³/mol. The van der Waals surface area contributed by atoms with Crippen molar-refractivity contribution >= 4 is 34.9 Å². The van der Waals surface area contributed by atoms with Gasteiger partial charge in [-0.15, -0.1) is 0 Å². The third kappa shape index (κ3) is 5.46. The summed E-state index contributed by atoms with van der Waals surface area (Å²) < 4.78 is 5.28. The summed E-state index contributed by atoms with van der Waals surface area (Å²) in [6.07, 6.45) is 1.74. The minimum atomic E-state index is 0.403. The second-order valence-electron chi connectivity index (χ2n) is 5.29. The smallest absolute Gasteiger partial charge is 0.191 e. The van der Waals surface area contributed by atoms with E-state index in [-0.39, 0.29) is 0 Å². The van der Waals surface area contributed by atoms with Crippen LogP contribution >= 0.6 is 12.2 Å². The Morgan fingerprint density at radius 3 is 2.44 bits per heavy atom. The number of hydrazone groups is 1. The molecule has 0 amide bonds. The molecule has 0 aliphatic rings. The molecule has 0 aliphatic heterocycles. The molecule has 0 atom stereocenters. The highest BCUT2D eigenvalue weighted by Crippen LogP contribution is 2.22. The number of nitrogens with one attached hydrogen (secondary N) is 2. The normalized spacial score (nSPS) is 10.5. The van der Waals surface area contributed by atoms with Crippen LogP contribution in [0, 0.1) is 0 Å². The van der Waals surface area contributed by atoms with Gasteiger partial charge in [-0.2, -0.15) is 5.10 Å². The lowest BCUT2D eigenvalue weighted by molar-refractivity contribution is 0.417. The molecule has 0 bridgehead atoms. The quantitative estimate of drug-likeness (QED) is 0.448. The average Bonchev–Trinajstić information content (AvgIpc) is 2.64. The number of rotatable bonds is 7. The second kappa shape index (κ2) is 9.64. The number of para-hydroxylation sites is 2. The number of hydrogen-bond acceptors (Lipinski definition) is 4. The van der Waals surface area contributed by atoms with Crippen LogP contribution in [0.25, 0.3) is 0 Å². The molecule has 0 radical (unpaired) electrons. The summed E-state index contributed by atoms with van der Waals surface area (Å²) in [7, 11) is 1.62. The molecule has 2 aromatic carbocycles. The fraction of sp³-hybridized carbons (Fsp3) is 0.263. The molecular weight excluding hydrogens is 332 g/mol. The van der Waals surface area contributed by atoms with E-state index in [1.165, 1.54) is 5.69 Å². The standard InChI is InChI=1S/C19H24N4OS/c1-4-23(5-2)16-12-10-15(11-13-16)14-20-22-19(25)21-17-8-6-7-9-18(17)24-3/h6-14H,4-5H2,1-3H3,(H2,21,22,25)/b20-14-. The van der Waals surface area contributed by atoms with E-state index in [0.717, 1.165) is 30.1 Å². The fourth-order valence-electron chi connectivity index (χ4n) is 2.42. The van der Waals surface area contributed by atoms with Crippen LogP contribution in [-0.2, 0) is 0 Å². The Hall–Kier alpha value is -2.60. The summed E-state index contributed by atoms with van der Waals surface area (Å²) in [6, 6.07) is 15.8. The molecule has 0 unspecified atom stereocenters. The fourth-order valence-corrected chi connectivity index (χ4v) is 2.59. The zero-order valence-electron chi connectivity index (χ0n) is 14.8. The first-order valence-corrected chi connectivity index (χ1v) is 8.66. The molecule has 0 saturated heterocycles. The lowest BCUT2D eigenvalue weighted by atomic mass is 10.2. The van der Waals surface area contributed by atoms with Crippen LogP contribution in [0.3, 0.4) is 0 Å². The van der Waals surface area contributed by atoms with Gasteiger partial charge in [0.05, 0.1) is 19.0 Å². The van der Waals surface area contributed by atoms with Gasteiger partial charge < -0.3 is 15.0 Å². The maximum Gasteiger partial charge on any atom is 0.191 e. The van der Waals surface area contributed by atoms with Crippen LogP contribution in [0.1, 0.15) is 19.4 Å². The van der Waals surface area contributed by atoms with Gasteiger partial charge in [-0.1, -0.05) is 24.3 Å². The Morgan fingerprint density at radius 1 is 1.12 bits per heavy atom. The van der Waals surface area contributed by atoms with Crippen LogP contribution in [0.15, 0.2) is 53.6 Å². The monoisotopic (exact) mass is 356 g/mol. The van der Waals surface area contributed by atoms with E-state index in [9.17, 15) is 0 Å². The molecular formula is C19H24N4OS. The van der Waals surface area contributed by atoms with Crippen molar-refractivity contribution in [2.24, 2.45) is 5.10 Å². The van der Waals surface area contributed by atoms with Crippen molar-refractivity contribution in [2.75, 3.05) is 30.4 Å². The molecule has 0 fully saturated rings. The summed E-state index contributed by atoms with van der Waals surface area (Å²) in [4.78, 5) is 2.30. The molecule has 25 heavy (non-hydrogen) atoms. The van der Waals surface area contributed by atoms with Crippen LogP contribution in [0.4, 0.5) is 11.4 Å². The summed E-state index contributed by atoms with van der Waals surface area (Å²) in [6.45, 7) is 6.29. The zero-order valence-corrected chi connectivity index (χ0v) is 15.6. The number of methoxy groups -OCH3 is 1. The number of hydrogen-bond donors (Lipinski definition) is 2. The second-order valence-corrected chi connectivity index (χ2v) is 5.70. The van der Waals surface area contributed by atoms with Gasteiger partial charge in [0.2, 0.25) is 0 Å². The van der Waals surface area contributed by atoms with Crippen molar-refractivity contribution < 1.29 is 4.74 Å². The number of ether oxygens (including phenoxy) is 1. The van der Waals surface area contributed by atoms with Gasteiger partial charge in [0, 0.05) is 18.8 Å². The minimum absolute atomic E-state index is 0.403. The van der Waals surface area contributed by atoms with E-state index in [4.69, 9.17) is 17.0 Å². The lowest BCUT2D eigenvalue weighted by Gasteiger charge is -2.20. The van der Waals surface area contributed by atoms with Gasteiger partial charge >= 0.3 is 0 Å². The van der Waals surface area contributed by atoms with E-state index >= 15 is 0 Å². The van der Waals surface area contributed by atoms with E-state index in [2.05, 4.69) is 46.7 Å². The maximum atomic E-state index is 5.28. The molecule has 2 N–H and O–H groups in total. The molecule has 0 aliphatic carbocycles. The summed E-state index contributed by atoms with van der Waals surface area (Å²) in [5, 5.41) is 7.64. The van der Waals surface area contributed by atoms with Crippen LogP contribution in [0.2, 0.25) is 0 Å². The predicted octanol–water partition coefficient (Wildman–Crippen LogP) is 3.86. The van der Waals surface area contributed by atoms with Crippen molar-refractivity contribution in [1.29, 1.82) is 0 Å². The van der Waals surface area contributed by atoms with E-state index in [1.807, 2.05) is 36.4 Å². The number of benzene rings is 2. The van der Waals surface area contributed by atoms with Crippen LogP contribution < -0.4 is 20.4 Å². The average molecular weight is 356 g/mol. The number of thiocarbonyl (C=S) groups is 1. The third-order valence-corrected chi connectivity index (χ3v) is 3.95. The van der Waals surface area contributed by atoms with Crippen molar-refractivity contribution in [3.8, 4) is 5.75 Å². The Bertz CT molecular complexity index is 712. The van der Waals surface area contributed by atoms with Crippen molar-refractivity contribution in [2.45, 2.75) is 13.8 Å². The first-order valence-electron chi connectivity index (χ1n) is 8.26. The molecule has 0 aromatic heterocycles. The van der Waals surface area contributed by atoms with Gasteiger partial charge in [0.15, 0.2) is 5.11 Å². The van der Waals surface area contributed by atoms with E-state index < -0.39 is 0 Å². The minimum Gasteiger partial charge on any atom is -0.495 e. The Labute approximate surface area is 154 Å². The molecule has 5 nitrogen and oxygen atoms in total. The molecule has 0 heterocycles. The van der Waals surface area contributed by atoms with E-state index in [1.54, 1.807) is 13.3 Å². The Balaban J connectivity index is 1.91. The van der Waals surface area contributed by atoms with E-state index in [0.29, 0.717) is 5.11 Å². The Morgan fingerprint density at radius 2 is 1.80 bits per heavy atom. The Kier molecular flexibility index (Phi) is 7.22. The summed E-state index contributed by atoms with van der Waals surface area (Å²) in [5.41, 5.74) is 5.82. The molecule has 2 aromatic rings. The largest absolute Gasteiger partial charge is 0.495 e. The van der Waals surface area contributed by atoms with Crippen molar-refractivity contribution in [1.82, 2.24) is 5.43 Å². The van der Waals surface area contributed by atoms with Crippen molar-refractivity contribution in [3.05, 3.63) is 54.1 Å². The first kappa shape index (κ1) is 18.7. The topological polar surface area (TPSA) is 48.9 Å². The first-order chi connectivity index (χ1) is 12.2. The molecule has 0 spiro atoms. The molecule has 2 rings (SSSR count). The molecule has 132 valence electrons. The lowest BCUT2D eigenvalue weighted by Crippen LogP contribution is -2.24. The number of nitrogens with zero attached hydrogens (tertiary/aromatic N) is 2. The highest BCUT2D eigenvalue weighted by Gasteiger charge is 2.03. The van der Waals surface area contributed by atoms with Crippen molar-refractivity contribution in [3.63, 3.8) is 0 Å².